The van der Waals surface area contributed by atoms with Crippen LogP contribution in [0.3, 0.4) is 0 Å². The molecule has 0 aliphatic heterocycles. The van der Waals surface area contributed by atoms with Crippen molar-refractivity contribution in [3.8, 4) is 5.75 Å². The molecular weight excluding hydrogens is 236 g/mol. The van der Waals surface area contributed by atoms with E-state index in [0.717, 1.165) is 18.8 Å². The molecule has 0 amide bonds. The van der Waals surface area contributed by atoms with Gasteiger partial charge in [0.15, 0.2) is 0 Å². The maximum atomic E-state index is 5.51. The van der Waals surface area contributed by atoms with Crippen LogP contribution in [0.1, 0.15) is 44.9 Å². The first-order valence-corrected chi connectivity index (χ1v) is 7.00. The Bertz CT molecular complexity index is 396. The van der Waals surface area contributed by atoms with Gasteiger partial charge >= 0.3 is 0 Å². The van der Waals surface area contributed by atoms with Crippen molar-refractivity contribution in [1.29, 1.82) is 0 Å². The second-order valence-electron chi connectivity index (χ2n) is 5.86. The third kappa shape index (κ3) is 4.22. The van der Waals surface area contributed by atoms with Crippen molar-refractivity contribution in [3.05, 3.63) is 29.3 Å². The van der Waals surface area contributed by atoms with Crippen molar-refractivity contribution in [2.45, 2.75) is 39.2 Å². The Hall–Kier alpha value is -1.06. The lowest BCUT2D eigenvalue weighted by molar-refractivity contribution is 0.398. The van der Waals surface area contributed by atoms with Gasteiger partial charge < -0.3 is 15.4 Å². The maximum absolute atomic E-state index is 5.51. The SMILES string of the molecule is CCNCC(NC)c1cc(C(C)(C)C)ccc1OC. The van der Waals surface area contributed by atoms with Crippen molar-refractivity contribution in [3.63, 3.8) is 0 Å². The number of nitrogens with one attached hydrogen (secondary N) is 2. The van der Waals surface area contributed by atoms with E-state index in [2.05, 4.69) is 56.5 Å². The second-order valence-corrected chi connectivity index (χ2v) is 5.86. The molecule has 1 aromatic rings. The predicted octanol–water partition coefficient (Wildman–Crippen LogP) is 2.86. The van der Waals surface area contributed by atoms with Gasteiger partial charge in [0.05, 0.1) is 7.11 Å². The molecule has 0 aromatic heterocycles. The largest absolute Gasteiger partial charge is 0.496 e. The molecule has 0 heterocycles. The lowest BCUT2D eigenvalue weighted by Crippen LogP contribution is -2.30. The van der Waals surface area contributed by atoms with E-state index in [0.29, 0.717) is 0 Å². The summed E-state index contributed by atoms with van der Waals surface area (Å²) < 4.78 is 5.51. The summed E-state index contributed by atoms with van der Waals surface area (Å²) in [7, 11) is 3.72. The highest BCUT2D eigenvalue weighted by Gasteiger charge is 2.19. The zero-order valence-electron chi connectivity index (χ0n) is 13.1. The van der Waals surface area contributed by atoms with Gasteiger partial charge in [-0.3, -0.25) is 0 Å². The summed E-state index contributed by atoms with van der Waals surface area (Å²) in [6.07, 6.45) is 0. The maximum Gasteiger partial charge on any atom is 0.123 e. The number of ether oxygens (including phenoxy) is 1. The zero-order valence-corrected chi connectivity index (χ0v) is 13.1. The van der Waals surface area contributed by atoms with Crippen LogP contribution in [0.2, 0.25) is 0 Å². The molecule has 3 nitrogen and oxygen atoms in total. The molecule has 3 heteroatoms. The van der Waals surface area contributed by atoms with Gasteiger partial charge in [-0.05, 0) is 36.7 Å². The van der Waals surface area contributed by atoms with E-state index in [1.807, 2.05) is 7.05 Å². The summed E-state index contributed by atoms with van der Waals surface area (Å²) >= 11 is 0. The Morgan fingerprint density at radius 2 is 1.95 bits per heavy atom. The third-order valence-electron chi connectivity index (χ3n) is 3.42. The zero-order chi connectivity index (χ0) is 14.5. The highest BCUT2D eigenvalue weighted by atomic mass is 16.5. The van der Waals surface area contributed by atoms with Crippen LogP contribution in [-0.4, -0.2) is 27.2 Å². The van der Waals surface area contributed by atoms with Crippen LogP contribution in [0.15, 0.2) is 18.2 Å². The van der Waals surface area contributed by atoms with Gasteiger partial charge in [-0.15, -0.1) is 0 Å². The van der Waals surface area contributed by atoms with Crippen LogP contribution >= 0.6 is 0 Å². The highest BCUT2D eigenvalue weighted by Crippen LogP contribution is 2.31. The van der Waals surface area contributed by atoms with Crippen molar-refractivity contribution in [2.24, 2.45) is 0 Å². The number of hydrogen-bond donors (Lipinski definition) is 2. The quantitative estimate of drug-likeness (QED) is 0.829. The number of likely N-dealkylation sites (N-methyl/N-ethyl adjacent to an activating group) is 2. The first-order chi connectivity index (χ1) is 8.93. The molecule has 0 bridgehead atoms. The fraction of sp³-hybridized carbons (Fsp3) is 0.625. The van der Waals surface area contributed by atoms with Gasteiger partial charge in [-0.25, -0.2) is 0 Å². The summed E-state index contributed by atoms with van der Waals surface area (Å²) in [6, 6.07) is 6.75. The first-order valence-electron chi connectivity index (χ1n) is 7.00. The van der Waals surface area contributed by atoms with E-state index in [9.17, 15) is 0 Å². The Kier molecular flexibility index (Phi) is 5.83. The standard InChI is InChI=1S/C16H28N2O/c1-7-18-11-14(17-5)13-10-12(16(2,3)4)8-9-15(13)19-6/h8-10,14,17-18H,7,11H2,1-6H3. The molecule has 108 valence electrons. The minimum Gasteiger partial charge on any atom is -0.496 e. The summed E-state index contributed by atoms with van der Waals surface area (Å²) in [5.41, 5.74) is 2.70. The number of rotatable bonds is 6. The number of hydrogen-bond acceptors (Lipinski definition) is 3. The first kappa shape index (κ1) is 16.0. The molecule has 0 aliphatic rings. The Morgan fingerprint density at radius 3 is 2.42 bits per heavy atom. The summed E-state index contributed by atoms with van der Waals surface area (Å²) in [5.74, 6) is 0.949. The van der Waals surface area contributed by atoms with Crippen LogP contribution in [0.25, 0.3) is 0 Å². The van der Waals surface area contributed by atoms with Crippen LogP contribution in [0, 0.1) is 0 Å². The fourth-order valence-electron chi connectivity index (χ4n) is 2.13. The average molecular weight is 264 g/mol. The molecular formula is C16H28N2O. The number of benzene rings is 1. The number of methoxy groups -OCH3 is 1. The van der Waals surface area contributed by atoms with E-state index >= 15 is 0 Å². The van der Waals surface area contributed by atoms with E-state index in [4.69, 9.17) is 4.74 Å². The minimum absolute atomic E-state index is 0.150. The monoisotopic (exact) mass is 264 g/mol. The van der Waals surface area contributed by atoms with Crippen molar-refractivity contribution >= 4 is 0 Å². The summed E-state index contributed by atoms with van der Waals surface area (Å²) in [4.78, 5) is 0. The molecule has 19 heavy (non-hydrogen) atoms. The Labute approximate surface area is 117 Å². The Balaban J connectivity index is 3.13. The normalized spacial score (nSPS) is 13.4. The third-order valence-corrected chi connectivity index (χ3v) is 3.42. The lowest BCUT2D eigenvalue weighted by atomic mass is 9.85. The molecule has 2 N–H and O–H groups in total. The summed E-state index contributed by atoms with van der Waals surface area (Å²) in [6.45, 7) is 10.7. The van der Waals surface area contributed by atoms with Gasteiger partial charge in [0, 0.05) is 18.2 Å². The Morgan fingerprint density at radius 1 is 1.26 bits per heavy atom. The van der Waals surface area contributed by atoms with E-state index in [1.54, 1.807) is 7.11 Å². The molecule has 1 rings (SSSR count). The van der Waals surface area contributed by atoms with E-state index < -0.39 is 0 Å². The van der Waals surface area contributed by atoms with Crippen LogP contribution in [0.5, 0.6) is 5.75 Å². The van der Waals surface area contributed by atoms with E-state index in [-0.39, 0.29) is 11.5 Å². The molecule has 1 atom stereocenters. The topological polar surface area (TPSA) is 33.3 Å². The van der Waals surface area contributed by atoms with Gasteiger partial charge in [0.1, 0.15) is 5.75 Å². The van der Waals surface area contributed by atoms with Crippen LogP contribution < -0.4 is 15.4 Å². The molecule has 0 spiro atoms. The molecule has 0 fully saturated rings. The van der Waals surface area contributed by atoms with Gasteiger partial charge in [0.2, 0.25) is 0 Å². The van der Waals surface area contributed by atoms with Crippen LogP contribution in [0.4, 0.5) is 0 Å². The minimum atomic E-state index is 0.150. The predicted molar refractivity (Wildman–Crippen MR) is 82.0 cm³/mol. The highest BCUT2D eigenvalue weighted by molar-refractivity contribution is 5.41. The van der Waals surface area contributed by atoms with Crippen molar-refractivity contribution < 1.29 is 4.74 Å². The fourth-order valence-corrected chi connectivity index (χ4v) is 2.13. The van der Waals surface area contributed by atoms with Crippen LogP contribution in [-0.2, 0) is 5.41 Å². The molecule has 0 saturated heterocycles. The summed E-state index contributed by atoms with van der Waals surface area (Å²) in [5, 5.41) is 6.75. The van der Waals surface area contributed by atoms with Crippen molar-refractivity contribution in [1.82, 2.24) is 10.6 Å². The smallest absolute Gasteiger partial charge is 0.123 e. The van der Waals surface area contributed by atoms with E-state index in [1.165, 1.54) is 11.1 Å². The molecule has 1 aromatic carbocycles. The second kappa shape index (κ2) is 6.92. The average Bonchev–Trinajstić information content (AvgIpc) is 2.38. The van der Waals surface area contributed by atoms with Gasteiger partial charge in [0.25, 0.3) is 0 Å². The van der Waals surface area contributed by atoms with Gasteiger partial charge in [-0.2, -0.15) is 0 Å². The lowest BCUT2D eigenvalue weighted by Gasteiger charge is -2.25. The molecule has 0 radical (unpaired) electrons. The molecule has 0 aliphatic carbocycles. The van der Waals surface area contributed by atoms with Crippen molar-refractivity contribution in [2.75, 3.05) is 27.2 Å². The molecule has 0 saturated carbocycles. The van der Waals surface area contributed by atoms with Gasteiger partial charge in [-0.1, -0.05) is 33.8 Å². The molecule has 1 unspecified atom stereocenters.